The molecule has 6 N–H and O–H groups in total. The molecule has 0 aliphatic carbocycles. The molecule has 3 atom stereocenters. The predicted octanol–water partition coefficient (Wildman–Crippen LogP) is 11.6. The number of carbonyl (C=O) groups is 3. The molecule has 9 aromatic heterocycles. The number of nitrogens with zero attached hydrogens (tertiary/aromatic N) is 13. The summed E-state index contributed by atoms with van der Waals surface area (Å²) in [5.74, 6) is 3.01. The van der Waals surface area contributed by atoms with E-state index < -0.39 is 0 Å². The van der Waals surface area contributed by atoms with Crippen LogP contribution < -0.4 is 31.9 Å². The fraction of sp³-hybridized carbons (Fsp3) is 0.211. The highest BCUT2D eigenvalue weighted by Gasteiger charge is 2.19. The van der Waals surface area contributed by atoms with Crippen LogP contribution in [0.2, 0.25) is 0 Å². The van der Waals surface area contributed by atoms with E-state index in [1.165, 1.54) is 6.33 Å². The minimum atomic E-state index is -0.121. The van der Waals surface area contributed by atoms with E-state index in [1.807, 2.05) is 118 Å². The molecule has 0 unspecified atom stereocenters. The first-order valence-corrected chi connectivity index (χ1v) is 30.3. The zero-order chi connectivity index (χ0) is 65.4. The third-order valence-electron chi connectivity index (χ3n) is 15.7. The Kier molecular flexibility index (Phi) is 26.2. The largest absolute Gasteiger partial charge is 0.369 e. The number of hydrogen-bond acceptors (Lipinski definition) is 19. The Morgan fingerprint density at radius 3 is 0.979 bits per heavy atom. The summed E-state index contributed by atoms with van der Waals surface area (Å²) in [5.41, 5.74) is 14.7. The Bertz CT molecular complexity index is 4150. The number of rotatable bonds is 18. The highest BCUT2D eigenvalue weighted by atomic mass is 32.1. The van der Waals surface area contributed by atoms with Gasteiger partial charge in [-0.05, 0) is 79.9 Å². The van der Waals surface area contributed by atoms with E-state index in [-0.39, 0.29) is 76.0 Å². The summed E-state index contributed by atoms with van der Waals surface area (Å²) in [6.07, 6.45) is 16.8. The quantitative estimate of drug-likeness (QED) is 0.0465. The van der Waals surface area contributed by atoms with E-state index in [9.17, 15) is 14.4 Å². The monoisotopic (exact) mass is 1340 g/mol. The number of aromatic nitrogens is 13. The highest BCUT2D eigenvalue weighted by molar-refractivity contribution is 7.59. The molecule has 12 aromatic rings. The number of nitrogens with one attached hydrogen (secondary N) is 6. The standard InChI is InChI=1S/2C24H24N6O.C23H23N7O.3H2S/c2*1-15(18-5-4-6-19-20(24(31)25-3)9-10-26-23(18)19)12-28-22-11-21(29-14-30-22)17-8-7-16(2)27-13-17;1-14(17-5-4-6-18-19(23(31)24-3)7-8-25-22(17)18)10-28-21-9-20(29-13-30-21)16-11-26-15(2)27-12-16;;;/h2*4-11,13-15H,12H2,1-3H3,(H,25,31)(H,28,29,30);4-9,11-14H,10H2,1-3H3,(H,24,31)(H,28,29,30);3*1H2/t2*15-;14-;;;/m111.../s1. The van der Waals surface area contributed by atoms with E-state index in [2.05, 4.69) is 130 Å². The molecule has 9 heterocycles. The van der Waals surface area contributed by atoms with Crippen LogP contribution in [0.3, 0.4) is 0 Å². The van der Waals surface area contributed by atoms with Gasteiger partial charge in [0.2, 0.25) is 0 Å². The SMILES string of the molecule is CNC(=O)c1ccnc2c([C@H](C)CNc3cc(-c4ccc(C)nc4)ncn3)cccc12.CNC(=O)c1ccnc2c([C@H](C)CNc3cc(-c4ccc(C)nc4)ncn3)cccc12.CNC(=O)c1ccnc2c([C@H](C)CNc3cc(-c4cnc(C)nc4)ncn3)cccc12.S.S.S. The second-order valence-electron chi connectivity index (χ2n) is 22.1. The van der Waals surface area contributed by atoms with Crippen molar-refractivity contribution in [3.05, 3.63) is 228 Å². The molecule has 25 heteroatoms. The van der Waals surface area contributed by atoms with Crippen molar-refractivity contribution in [1.82, 2.24) is 80.7 Å². The highest BCUT2D eigenvalue weighted by Crippen LogP contribution is 2.31. The first-order chi connectivity index (χ1) is 45.2. The van der Waals surface area contributed by atoms with Gasteiger partial charge in [0.1, 0.15) is 42.3 Å². The van der Waals surface area contributed by atoms with Crippen molar-refractivity contribution in [2.45, 2.75) is 59.3 Å². The molecule has 0 radical (unpaired) electrons. The van der Waals surface area contributed by atoms with Crippen molar-refractivity contribution in [3.63, 3.8) is 0 Å². The van der Waals surface area contributed by atoms with Gasteiger partial charge in [-0.15, -0.1) is 0 Å². The second-order valence-corrected chi connectivity index (χ2v) is 22.1. The van der Waals surface area contributed by atoms with Gasteiger partial charge in [-0.2, -0.15) is 40.5 Å². The average Bonchev–Trinajstić information content (AvgIpc) is 0.807. The third kappa shape index (κ3) is 17.8. The van der Waals surface area contributed by atoms with Crippen molar-refractivity contribution < 1.29 is 14.4 Å². The Hall–Kier alpha value is -10.6. The number of para-hydroxylation sites is 3. The fourth-order valence-electron chi connectivity index (χ4n) is 10.5. The number of fused-ring (bicyclic) bond motifs is 3. The molecule has 12 rings (SSSR count). The van der Waals surface area contributed by atoms with E-state index >= 15 is 0 Å². The van der Waals surface area contributed by atoms with E-state index in [4.69, 9.17) is 0 Å². The van der Waals surface area contributed by atoms with E-state index in [0.717, 1.165) is 112 Å². The number of hydrogen-bond donors (Lipinski definition) is 6. The van der Waals surface area contributed by atoms with Gasteiger partial charge in [-0.25, -0.2) is 39.9 Å². The minimum Gasteiger partial charge on any atom is -0.369 e. The van der Waals surface area contributed by atoms with Crippen molar-refractivity contribution in [2.24, 2.45) is 0 Å². The molecule has 0 aliphatic heterocycles. The molecular weight excluding hydrogens is 1260 g/mol. The smallest absolute Gasteiger partial charge is 0.251 e. The summed E-state index contributed by atoms with van der Waals surface area (Å²) < 4.78 is 0. The number of anilines is 3. The molecule has 96 heavy (non-hydrogen) atoms. The number of pyridine rings is 5. The van der Waals surface area contributed by atoms with Crippen molar-refractivity contribution >= 4 is 108 Å². The molecule has 0 fully saturated rings. The van der Waals surface area contributed by atoms with Crippen molar-refractivity contribution in [1.29, 1.82) is 0 Å². The van der Waals surface area contributed by atoms with Crippen molar-refractivity contribution in [3.8, 4) is 33.8 Å². The van der Waals surface area contributed by atoms with Gasteiger partial charge in [0.15, 0.2) is 0 Å². The Morgan fingerprint density at radius 2 is 0.677 bits per heavy atom. The third-order valence-corrected chi connectivity index (χ3v) is 15.7. The van der Waals surface area contributed by atoms with Crippen LogP contribution in [-0.2, 0) is 0 Å². The maximum Gasteiger partial charge on any atom is 0.251 e. The molecule has 0 aliphatic rings. The first kappa shape index (κ1) is 72.8. The van der Waals surface area contributed by atoms with Crippen LogP contribution in [0.25, 0.3) is 66.5 Å². The molecule has 3 aromatic carbocycles. The summed E-state index contributed by atoms with van der Waals surface area (Å²) in [6, 6.07) is 36.7. The van der Waals surface area contributed by atoms with Gasteiger partial charge >= 0.3 is 0 Å². The molecule has 0 saturated heterocycles. The van der Waals surface area contributed by atoms with Crippen LogP contribution in [0.4, 0.5) is 17.5 Å². The lowest BCUT2D eigenvalue weighted by atomic mass is 9.96. The summed E-state index contributed by atoms with van der Waals surface area (Å²) in [7, 11) is 4.89. The molecule has 0 spiro atoms. The zero-order valence-electron chi connectivity index (χ0n) is 54.6. The number of carbonyl (C=O) groups excluding carboxylic acids is 3. The molecular formula is C71H77N19O3S3. The summed E-state index contributed by atoms with van der Waals surface area (Å²) in [5, 5.41) is 20.8. The lowest BCUT2D eigenvalue weighted by molar-refractivity contribution is 0.0956. The number of amides is 3. The maximum absolute atomic E-state index is 12.2. The van der Waals surface area contributed by atoms with Gasteiger partial charge < -0.3 is 31.9 Å². The van der Waals surface area contributed by atoms with Crippen LogP contribution in [0.1, 0.15) is 104 Å². The summed E-state index contributed by atoms with van der Waals surface area (Å²) >= 11 is 0. The molecule has 22 nitrogen and oxygen atoms in total. The normalized spacial score (nSPS) is 11.5. The van der Waals surface area contributed by atoms with Crippen LogP contribution in [0.5, 0.6) is 0 Å². The molecule has 492 valence electrons. The zero-order valence-corrected chi connectivity index (χ0v) is 57.6. The van der Waals surface area contributed by atoms with E-state index in [0.29, 0.717) is 42.1 Å². The van der Waals surface area contributed by atoms with Gasteiger partial charge in [-0.1, -0.05) is 75.4 Å². The number of aryl methyl sites for hydroxylation is 3. The predicted molar refractivity (Wildman–Crippen MR) is 395 cm³/mol. The second kappa shape index (κ2) is 34.5. The van der Waals surface area contributed by atoms with Gasteiger partial charge in [0.05, 0.1) is 50.3 Å². The fourth-order valence-corrected chi connectivity index (χ4v) is 10.5. The van der Waals surface area contributed by atoms with Crippen LogP contribution >= 0.6 is 40.5 Å². The maximum atomic E-state index is 12.2. The lowest BCUT2D eigenvalue weighted by Gasteiger charge is -2.16. The van der Waals surface area contributed by atoms with Gasteiger partial charge in [0.25, 0.3) is 17.7 Å². The first-order valence-electron chi connectivity index (χ1n) is 30.3. The topological polar surface area (TPSA) is 291 Å². The van der Waals surface area contributed by atoms with Crippen molar-refractivity contribution in [2.75, 3.05) is 56.7 Å². The summed E-state index contributed by atoms with van der Waals surface area (Å²) in [4.78, 5) is 93.5. The molecule has 0 saturated carbocycles. The molecule has 0 bridgehead atoms. The minimum absolute atomic E-state index is 0. The average molecular weight is 1340 g/mol. The molecule has 3 amide bonds. The van der Waals surface area contributed by atoms with Crippen LogP contribution in [0, 0.1) is 20.8 Å². The van der Waals surface area contributed by atoms with Gasteiger partial charge in [0, 0.05) is 164 Å². The lowest BCUT2D eigenvalue weighted by Crippen LogP contribution is -2.18. The van der Waals surface area contributed by atoms with Crippen LogP contribution in [-0.4, -0.2) is 123 Å². The van der Waals surface area contributed by atoms with E-state index in [1.54, 1.807) is 83.0 Å². The Balaban J connectivity index is 0.000000200. The van der Waals surface area contributed by atoms with Gasteiger partial charge in [-0.3, -0.25) is 39.3 Å². The Labute approximate surface area is 578 Å². The summed E-state index contributed by atoms with van der Waals surface area (Å²) in [6.45, 7) is 14.1. The number of benzene rings is 3. The Morgan fingerprint density at radius 1 is 0.365 bits per heavy atom. The van der Waals surface area contributed by atoms with Crippen LogP contribution in [0.15, 0.2) is 178 Å².